The summed E-state index contributed by atoms with van der Waals surface area (Å²) in [7, 11) is 3.81. The molecule has 0 aromatic carbocycles. The molecule has 3 rings (SSSR count). The second kappa shape index (κ2) is 9.41. The average molecular weight is 431 g/mol. The van der Waals surface area contributed by atoms with Crippen LogP contribution in [0.4, 0.5) is 13.2 Å². The SMILES string of the molecule is CN(C)CC1CC2(CCN(C(=O)c3cncc(C(F)(F)F)c3)CC2)C(=O)O1.O=CO. The number of piperidine rings is 1. The smallest absolute Gasteiger partial charge is 0.417 e. The van der Waals surface area contributed by atoms with E-state index in [1.54, 1.807) is 0 Å². The first-order valence-corrected chi connectivity index (χ1v) is 9.27. The van der Waals surface area contributed by atoms with Crippen LogP contribution in [0, 0.1) is 5.41 Å². The van der Waals surface area contributed by atoms with E-state index in [1.807, 2.05) is 19.0 Å². The maximum absolute atomic E-state index is 12.8. The second-order valence-electron chi connectivity index (χ2n) is 7.63. The third-order valence-corrected chi connectivity index (χ3v) is 5.21. The van der Waals surface area contributed by atoms with Crippen LogP contribution in [0.1, 0.15) is 35.2 Å². The number of nitrogens with zero attached hydrogens (tertiary/aromatic N) is 3. The first-order valence-electron chi connectivity index (χ1n) is 9.27. The Morgan fingerprint density at radius 2 is 1.97 bits per heavy atom. The second-order valence-corrected chi connectivity index (χ2v) is 7.63. The zero-order valence-corrected chi connectivity index (χ0v) is 16.7. The number of carbonyl (C=O) groups is 3. The number of carbonyl (C=O) groups excluding carboxylic acids is 2. The highest BCUT2D eigenvalue weighted by atomic mass is 19.4. The van der Waals surface area contributed by atoms with Gasteiger partial charge in [0, 0.05) is 38.4 Å². The van der Waals surface area contributed by atoms with Gasteiger partial charge >= 0.3 is 12.1 Å². The van der Waals surface area contributed by atoms with E-state index < -0.39 is 23.1 Å². The lowest BCUT2D eigenvalue weighted by molar-refractivity contribution is -0.151. The lowest BCUT2D eigenvalue weighted by Gasteiger charge is -2.36. The van der Waals surface area contributed by atoms with E-state index in [1.165, 1.54) is 4.90 Å². The van der Waals surface area contributed by atoms with Crippen molar-refractivity contribution in [2.24, 2.45) is 5.41 Å². The summed E-state index contributed by atoms with van der Waals surface area (Å²) in [5.41, 5.74) is -1.64. The molecule has 0 radical (unpaired) electrons. The van der Waals surface area contributed by atoms with Gasteiger partial charge in [-0.15, -0.1) is 0 Å². The number of hydrogen-bond donors (Lipinski definition) is 1. The van der Waals surface area contributed by atoms with Crippen LogP contribution >= 0.6 is 0 Å². The van der Waals surface area contributed by atoms with Crippen molar-refractivity contribution in [3.8, 4) is 0 Å². The van der Waals surface area contributed by atoms with E-state index in [0.717, 1.165) is 12.3 Å². The highest BCUT2D eigenvalue weighted by Crippen LogP contribution is 2.43. The number of aromatic nitrogens is 1. The minimum atomic E-state index is -4.55. The molecule has 8 nitrogen and oxygen atoms in total. The normalized spacial score (nSPS) is 20.5. The monoisotopic (exact) mass is 431 g/mol. The molecular formula is C19H24F3N3O5. The van der Waals surface area contributed by atoms with Crippen molar-refractivity contribution in [2.75, 3.05) is 33.7 Å². The number of esters is 1. The summed E-state index contributed by atoms with van der Waals surface area (Å²) >= 11 is 0. The number of halogens is 3. The molecule has 0 aliphatic carbocycles. The molecule has 1 unspecified atom stereocenters. The molecule has 3 heterocycles. The molecule has 2 fully saturated rings. The van der Waals surface area contributed by atoms with Gasteiger partial charge in [0.05, 0.1) is 16.5 Å². The molecule has 1 aromatic rings. The molecule has 2 aliphatic rings. The van der Waals surface area contributed by atoms with Gasteiger partial charge in [-0.1, -0.05) is 0 Å². The predicted octanol–water partition coefficient (Wildman–Crippen LogP) is 1.90. The van der Waals surface area contributed by atoms with Crippen LogP contribution in [0.15, 0.2) is 18.5 Å². The first kappa shape index (κ1) is 23.6. The topological polar surface area (TPSA) is 100 Å². The molecule has 1 spiro atoms. The Balaban J connectivity index is 0.00000101. The Morgan fingerprint density at radius 3 is 2.50 bits per heavy atom. The minimum Gasteiger partial charge on any atom is -0.483 e. The summed E-state index contributed by atoms with van der Waals surface area (Å²) in [5.74, 6) is -0.734. The summed E-state index contributed by atoms with van der Waals surface area (Å²) in [6, 6.07) is 0.816. The van der Waals surface area contributed by atoms with Gasteiger partial charge < -0.3 is 19.6 Å². The molecule has 1 N–H and O–H groups in total. The standard InChI is InChI=1S/C18H22F3N3O3.CH2O2/c1-23(2)11-14-8-17(16(26)27-14)3-5-24(6-4-17)15(25)12-7-13(10-22-9-12)18(19,20)21;2-1-3/h7,9-10,14H,3-6,8,11H2,1-2H3;1H,(H,2,3). The van der Waals surface area contributed by atoms with E-state index in [9.17, 15) is 22.8 Å². The molecule has 11 heteroatoms. The molecule has 1 aromatic heterocycles. The van der Waals surface area contributed by atoms with Crippen molar-refractivity contribution in [1.29, 1.82) is 0 Å². The van der Waals surface area contributed by atoms with Gasteiger partial charge in [0.15, 0.2) is 0 Å². The van der Waals surface area contributed by atoms with Crippen molar-refractivity contribution in [2.45, 2.75) is 31.5 Å². The van der Waals surface area contributed by atoms with Gasteiger partial charge in [0.2, 0.25) is 0 Å². The van der Waals surface area contributed by atoms with E-state index in [-0.39, 0.29) is 24.1 Å². The van der Waals surface area contributed by atoms with Gasteiger partial charge in [0.1, 0.15) is 6.10 Å². The Hall–Kier alpha value is -2.69. The largest absolute Gasteiger partial charge is 0.483 e. The van der Waals surface area contributed by atoms with Crippen LogP contribution in [0.5, 0.6) is 0 Å². The van der Waals surface area contributed by atoms with Crippen LogP contribution in [-0.4, -0.2) is 78.1 Å². The zero-order valence-electron chi connectivity index (χ0n) is 16.7. The van der Waals surface area contributed by atoms with Gasteiger partial charge in [-0.2, -0.15) is 13.2 Å². The van der Waals surface area contributed by atoms with Crippen LogP contribution in [-0.2, 0) is 20.5 Å². The fourth-order valence-electron chi connectivity index (χ4n) is 3.79. The maximum atomic E-state index is 12.8. The number of amides is 1. The number of likely N-dealkylation sites (tertiary alicyclic amines) is 1. The molecule has 1 atom stereocenters. The van der Waals surface area contributed by atoms with E-state index >= 15 is 0 Å². The van der Waals surface area contributed by atoms with Crippen LogP contribution in [0.25, 0.3) is 0 Å². The number of pyridine rings is 1. The molecule has 0 saturated carbocycles. The summed E-state index contributed by atoms with van der Waals surface area (Å²) in [6.07, 6.45) is -1.37. The van der Waals surface area contributed by atoms with Crippen molar-refractivity contribution >= 4 is 18.3 Å². The number of cyclic esters (lactones) is 1. The van der Waals surface area contributed by atoms with E-state index in [0.29, 0.717) is 45.1 Å². The third-order valence-electron chi connectivity index (χ3n) is 5.21. The quantitative estimate of drug-likeness (QED) is 0.576. The summed E-state index contributed by atoms with van der Waals surface area (Å²) in [4.78, 5) is 40.3. The predicted molar refractivity (Wildman–Crippen MR) is 98.6 cm³/mol. The number of likely N-dealkylation sites (N-methyl/N-ethyl adjacent to an activating group) is 1. The minimum absolute atomic E-state index is 0.0970. The highest BCUT2D eigenvalue weighted by Gasteiger charge is 2.50. The summed E-state index contributed by atoms with van der Waals surface area (Å²) < 4.78 is 44.0. The van der Waals surface area contributed by atoms with Gasteiger partial charge in [-0.05, 0) is 33.0 Å². The average Bonchev–Trinajstić information content (AvgIpc) is 2.95. The highest BCUT2D eigenvalue weighted by molar-refractivity contribution is 5.94. The lowest BCUT2D eigenvalue weighted by atomic mass is 9.76. The number of hydrogen-bond acceptors (Lipinski definition) is 6. The number of carboxylic acid groups (broad SMARTS) is 1. The van der Waals surface area contributed by atoms with Crippen molar-refractivity contribution in [3.63, 3.8) is 0 Å². The number of alkyl halides is 3. The van der Waals surface area contributed by atoms with E-state index in [4.69, 9.17) is 14.6 Å². The molecule has 0 bridgehead atoms. The van der Waals surface area contributed by atoms with E-state index in [2.05, 4.69) is 4.98 Å². The molecule has 166 valence electrons. The lowest BCUT2D eigenvalue weighted by Crippen LogP contribution is -2.45. The van der Waals surface area contributed by atoms with Gasteiger partial charge in [0.25, 0.3) is 12.4 Å². The zero-order chi connectivity index (χ0) is 22.5. The molecule has 2 saturated heterocycles. The van der Waals surface area contributed by atoms with Crippen LogP contribution in [0.2, 0.25) is 0 Å². The Bertz CT molecular complexity index is 777. The fourth-order valence-corrected chi connectivity index (χ4v) is 3.79. The Kier molecular flexibility index (Phi) is 7.40. The van der Waals surface area contributed by atoms with Crippen molar-refractivity contribution in [1.82, 2.24) is 14.8 Å². The number of rotatable bonds is 3. The van der Waals surface area contributed by atoms with Gasteiger partial charge in [-0.25, -0.2) is 0 Å². The fraction of sp³-hybridized carbons (Fsp3) is 0.579. The first-order chi connectivity index (χ1) is 14.0. The molecule has 2 aliphatic heterocycles. The number of ether oxygens (including phenoxy) is 1. The maximum Gasteiger partial charge on any atom is 0.417 e. The van der Waals surface area contributed by atoms with Gasteiger partial charge in [-0.3, -0.25) is 19.4 Å². The molecule has 1 amide bonds. The van der Waals surface area contributed by atoms with Crippen LogP contribution < -0.4 is 0 Å². The van der Waals surface area contributed by atoms with Crippen molar-refractivity contribution in [3.05, 3.63) is 29.6 Å². The van der Waals surface area contributed by atoms with Crippen molar-refractivity contribution < 1.29 is 37.4 Å². The molecule has 30 heavy (non-hydrogen) atoms. The molecular weight excluding hydrogens is 407 g/mol. The summed E-state index contributed by atoms with van der Waals surface area (Å²) in [6.45, 7) is 1.00. The summed E-state index contributed by atoms with van der Waals surface area (Å²) in [5, 5.41) is 6.89. The van der Waals surface area contributed by atoms with Crippen LogP contribution in [0.3, 0.4) is 0 Å². The Morgan fingerprint density at radius 1 is 1.37 bits per heavy atom. The third kappa shape index (κ3) is 5.47. The Labute approximate surface area is 171 Å².